The van der Waals surface area contributed by atoms with Crippen molar-refractivity contribution in [3.8, 4) is 11.8 Å². The fourth-order valence-corrected chi connectivity index (χ4v) is 3.00. The lowest BCUT2D eigenvalue weighted by Gasteiger charge is -2.14. The SMILES string of the molecule is Cn1cc(CCCCC#Cc2cn(C3CCC(CO)O3)c(=O)[nH]c2=O)nn1. The van der Waals surface area contributed by atoms with Crippen molar-refractivity contribution >= 4 is 0 Å². The summed E-state index contributed by atoms with van der Waals surface area (Å²) in [6, 6.07) is 0. The molecule has 0 amide bonds. The van der Waals surface area contributed by atoms with E-state index in [4.69, 9.17) is 9.84 Å². The Morgan fingerprint density at radius 3 is 2.89 bits per heavy atom. The summed E-state index contributed by atoms with van der Waals surface area (Å²) >= 11 is 0. The molecule has 144 valence electrons. The predicted molar refractivity (Wildman–Crippen MR) is 97.0 cm³/mol. The van der Waals surface area contributed by atoms with Crippen LogP contribution in [0.3, 0.4) is 0 Å². The number of unbranched alkanes of at least 4 members (excludes halogenated alkanes) is 2. The average molecular weight is 373 g/mol. The molecule has 0 spiro atoms. The van der Waals surface area contributed by atoms with E-state index in [1.165, 1.54) is 10.8 Å². The van der Waals surface area contributed by atoms with Gasteiger partial charge >= 0.3 is 5.69 Å². The van der Waals surface area contributed by atoms with Crippen LogP contribution in [0, 0.1) is 11.8 Å². The van der Waals surface area contributed by atoms with Crippen molar-refractivity contribution in [2.45, 2.75) is 50.9 Å². The number of H-pyrrole nitrogens is 1. The molecule has 3 heterocycles. The third kappa shape index (κ3) is 4.93. The normalized spacial score (nSPS) is 19.0. The molecule has 2 aromatic heterocycles. The molecular formula is C18H23N5O4. The lowest BCUT2D eigenvalue weighted by Crippen LogP contribution is -2.33. The maximum Gasteiger partial charge on any atom is 0.330 e. The van der Waals surface area contributed by atoms with Crippen molar-refractivity contribution in [1.29, 1.82) is 0 Å². The Hall–Kier alpha value is -2.70. The van der Waals surface area contributed by atoms with Crippen LogP contribution in [0.15, 0.2) is 22.0 Å². The maximum absolute atomic E-state index is 12.0. The molecule has 2 N–H and O–H groups in total. The molecule has 2 atom stereocenters. The highest BCUT2D eigenvalue weighted by Gasteiger charge is 2.27. The minimum atomic E-state index is -0.530. The van der Waals surface area contributed by atoms with Gasteiger partial charge in [0.1, 0.15) is 11.8 Å². The standard InChI is InChI=1S/C18H23N5O4/c1-22-11-14(20-21-22)7-5-3-2-4-6-13-10-23(18(26)19-17(13)25)16-9-8-15(12-24)27-16/h10-11,15-16,24H,2-3,5,7-9,12H2,1H3,(H,19,25,26). The Morgan fingerprint density at radius 1 is 1.33 bits per heavy atom. The summed E-state index contributed by atoms with van der Waals surface area (Å²) in [5, 5.41) is 17.1. The van der Waals surface area contributed by atoms with Gasteiger partial charge in [0.15, 0.2) is 0 Å². The van der Waals surface area contributed by atoms with E-state index < -0.39 is 17.5 Å². The van der Waals surface area contributed by atoms with Gasteiger partial charge in [-0.1, -0.05) is 17.1 Å². The quantitative estimate of drug-likeness (QED) is 0.548. The van der Waals surface area contributed by atoms with E-state index in [0.29, 0.717) is 19.3 Å². The molecule has 2 aromatic rings. The predicted octanol–water partition coefficient (Wildman–Crippen LogP) is 0.0995. The Labute approximate surface area is 156 Å². The molecular weight excluding hydrogens is 350 g/mol. The third-order valence-corrected chi connectivity index (χ3v) is 4.42. The number of nitrogens with zero attached hydrogens (tertiary/aromatic N) is 4. The number of ether oxygens (including phenoxy) is 1. The fourth-order valence-electron chi connectivity index (χ4n) is 3.00. The minimum absolute atomic E-state index is 0.0875. The van der Waals surface area contributed by atoms with Gasteiger partial charge in [0.25, 0.3) is 5.56 Å². The molecule has 1 fully saturated rings. The van der Waals surface area contributed by atoms with Crippen LogP contribution in [-0.2, 0) is 18.2 Å². The number of aliphatic hydroxyl groups excluding tert-OH is 1. The molecule has 0 radical (unpaired) electrons. The monoisotopic (exact) mass is 373 g/mol. The first-order valence-corrected chi connectivity index (χ1v) is 9.02. The Bertz CT molecular complexity index is 949. The highest BCUT2D eigenvalue weighted by molar-refractivity contribution is 5.29. The van der Waals surface area contributed by atoms with E-state index >= 15 is 0 Å². The van der Waals surface area contributed by atoms with Crippen LogP contribution in [0.1, 0.15) is 49.6 Å². The zero-order valence-corrected chi connectivity index (χ0v) is 15.2. The number of aromatic amines is 1. The molecule has 0 bridgehead atoms. The molecule has 9 nitrogen and oxygen atoms in total. The largest absolute Gasteiger partial charge is 0.394 e. The molecule has 3 rings (SSSR count). The first-order chi connectivity index (χ1) is 13.1. The van der Waals surface area contributed by atoms with Crippen molar-refractivity contribution in [1.82, 2.24) is 24.5 Å². The van der Waals surface area contributed by atoms with Crippen molar-refractivity contribution in [3.63, 3.8) is 0 Å². The lowest BCUT2D eigenvalue weighted by atomic mass is 10.1. The van der Waals surface area contributed by atoms with Gasteiger partial charge in [0.05, 0.1) is 18.4 Å². The van der Waals surface area contributed by atoms with E-state index in [0.717, 1.165) is 25.0 Å². The van der Waals surface area contributed by atoms with Gasteiger partial charge < -0.3 is 9.84 Å². The van der Waals surface area contributed by atoms with E-state index in [1.54, 1.807) is 4.68 Å². The van der Waals surface area contributed by atoms with Gasteiger partial charge in [-0.3, -0.25) is 19.0 Å². The van der Waals surface area contributed by atoms with E-state index in [-0.39, 0.29) is 18.3 Å². The summed E-state index contributed by atoms with van der Waals surface area (Å²) in [6.45, 7) is -0.0875. The molecule has 0 aromatic carbocycles. The van der Waals surface area contributed by atoms with Crippen molar-refractivity contribution in [3.05, 3.63) is 44.5 Å². The topological polar surface area (TPSA) is 115 Å². The Balaban J connectivity index is 1.58. The summed E-state index contributed by atoms with van der Waals surface area (Å²) in [7, 11) is 1.83. The molecule has 1 saturated heterocycles. The summed E-state index contributed by atoms with van der Waals surface area (Å²) in [4.78, 5) is 26.3. The summed E-state index contributed by atoms with van der Waals surface area (Å²) in [5.41, 5.74) is 0.157. The Morgan fingerprint density at radius 2 is 2.19 bits per heavy atom. The summed E-state index contributed by atoms with van der Waals surface area (Å²) in [6.07, 6.45) is 7.13. The highest BCUT2D eigenvalue weighted by Crippen LogP contribution is 2.26. The first-order valence-electron chi connectivity index (χ1n) is 9.02. The van der Waals surface area contributed by atoms with Crippen LogP contribution in [0.4, 0.5) is 0 Å². The van der Waals surface area contributed by atoms with Gasteiger partial charge in [-0.15, -0.1) is 5.10 Å². The second-order valence-electron chi connectivity index (χ2n) is 6.57. The number of aliphatic hydroxyl groups is 1. The smallest absolute Gasteiger partial charge is 0.330 e. The highest BCUT2D eigenvalue weighted by atomic mass is 16.5. The van der Waals surface area contributed by atoms with Gasteiger partial charge in [-0.2, -0.15) is 0 Å². The van der Waals surface area contributed by atoms with Crippen molar-refractivity contribution in [2.75, 3.05) is 6.61 Å². The van der Waals surface area contributed by atoms with E-state index in [2.05, 4.69) is 27.1 Å². The van der Waals surface area contributed by atoms with E-state index in [9.17, 15) is 9.59 Å². The second kappa shape index (κ2) is 8.79. The molecule has 1 aliphatic heterocycles. The van der Waals surface area contributed by atoms with Crippen LogP contribution >= 0.6 is 0 Å². The molecule has 0 aliphatic carbocycles. The number of nitrogens with one attached hydrogen (secondary N) is 1. The van der Waals surface area contributed by atoms with Crippen molar-refractivity contribution in [2.24, 2.45) is 7.05 Å². The van der Waals surface area contributed by atoms with Crippen LogP contribution < -0.4 is 11.2 Å². The van der Waals surface area contributed by atoms with Gasteiger partial charge in [-0.05, 0) is 32.1 Å². The van der Waals surface area contributed by atoms with Crippen LogP contribution in [0.25, 0.3) is 0 Å². The third-order valence-electron chi connectivity index (χ3n) is 4.42. The lowest BCUT2D eigenvalue weighted by molar-refractivity contribution is -0.0246. The maximum atomic E-state index is 12.0. The zero-order chi connectivity index (χ0) is 19.2. The fraction of sp³-hybridized carbons (Fsp3) is 0.556. The summed E-state index contributed by atoms with van der Waals surface area (Å²) < 4.78 is 8.62. The molecule has 1 aliphatic rings. The number of aromatic nitrogens is 5. The van der Waals surface area contributed by atoms with Gasteiger partial charge in [-0.25, -0.2) is 4.79 Å². The zero-order valence-electron chi connectivity index (χ0n) is 15.2. The van der Waals surface area contributed by atoms with Crippen LogP contribution in [0.5, 0.6) is 0 Å². The summed E-state index contributed by atoms with van der Waals surface area (Å²) in [5.74, 6) is 5.83. The average Bonchev–Trinajstić information content (AvgIpc) is 3.28. The van der Waals surface area contributed by atoms with Crippen molar-refractivity contribution < 1.29 is 9.84 Å². The van der Waals surface area contributed by atoms with Gasteiger partial charge in [0.2, 0.25) is 0 Å². The number of aryl methyl sites for hydroxylation is 2. The molecule has 2 unspecified atom stereocenters. The first kappa shape index (κ1) is 19.1. The second-order valence-corrected chi connectivity index (χ2v) is 6.57. The van der Waals surface area contributed by atoms with Crippen LogP contribution in [-0.4, -0.2) is 42.4 Å². The minimum Gasteiger partial charge on any atom is -0.394 e. The van der Waals surface area contributed by atoms with E-state index in [1.807, 2.05) is 13.2 Å². The van der Waals surface area contributed by atoms with Gasteiger partial charge in [0, 0.05) is 25.9 Å². The molecule has 27 heavy (non-hydrogen) atoms. The Kier molecular flexibility index (Phi) is 6.21. The number of hydrogen-bond donors (Lipinski definition) is 2. The number of hydrogen-bond acceptors (Lipinski definition) is 6. The van der Waals surface area contributed by atoms with Crippen LogP contribution in [0.2, 0.25) is 0 Å². The molecule has 9 heteroatoms. The number of rotatable bonds is 6. The molecule has 0 saturated carbocycles.